The number of aromatic nitrogens is 6. The van der Waals surface area contributed by atoms with Crippen LogP contribution >= 0.6 is 15.6 Å². The SMILES string of the molecule is Nc1ccn(C2COC(COP(=O)(O)OC3CC(n4cnc5c(N)ncnc54)OC3COP(=O)(O)O)C2O)c(=O)n1. The highest BCUT2D eigenvalue weighted by atomic mass is 31.2. The summed E-state index contributed by atoms with van der Waals surface area (Å²) in [6.45, 7) is -1.43. The maximum absolute atomic E-state index is 12.9. The van der Waals surface area contributed by atoms with E-state index in [1.165, 1.54) is 29.5 Å². The first-order valence-electron chi connectivity index (χ1n) is 11.9. The average molecular weight is 620 g/mol. The van der Waals surface area contributed by atoms with Crippen LogP contribution in [0.3, 0.4) is 0 Å². The van der Waals surface area contributed by atoms with Crippen molar-refractivity contribution in [1.82, 2.24) is 29.1 Å². The minimum atomic E-state index is -4.93. The molecule has 0 saturated carbocycles. The highest BCUT2D eigenvalue weighted by Crippen LogP contribution is 2.49. The third kappa shape index (κ3) is 6.63. The molecule has 0 aromatic carbocycles. The van der Waals surface area contributed by atoms with Gasteiger partial charge < -0.3 is 40.7 Å². The fraction of sp³-hybridized carbons (Fsp3) is 0.526. The summed E-state index contributed by atoms with van der Waals surface area (Å²) in [5.74, 6) is 0.101. The number of ether oxygens (including phenoxy) is 2. The molecular weight excluding hydrogens is 594 g/mol. The molecule has 0 amide bonds. The van der Waals surface area contributed by atoms with Gasteiger partial charge in [-0.3, -0.25) is 22.7 Å². The molecule has 3 aromatic heterocycles. The van der Waals surface area contributed by atoms with Gasteiger partial charge in [0.25, 0.3) is 0 Å². The summed E-state index contributed by atoms with van der Waals surface area (Å²) < 4.78 is 52.9. The summed E-state index contributed by atoms with van der Waals surface area (Å²) in [6, 6.07) is 0.510. The van der Waals surface area contributed by atoms with Gasteiger partial charge in [-0.25, -0.2) is 28.9 Å². The van der Waals surface area contributed by atoms with Crippen molar-refractivity contribution in [3.8, 4) is 0 Å². The molecule has 7 atom stereocenters. The Balaban J connectivity index is 1.26. The van der Waals surface area contributed by atoms with E-state index in [1.54, 1.807) is 0 Å². The second-order valence-corrected chi connectivity index (χ2v) is 11.8. The molecule has 3 aromatic rings. The zero-order valence-electron chi connectivity index (χ0n) is 20.9. The van der Waals surface area contributed by atoms with Crippen molar-refractivity contribution in [2.24, 2.45) is 0 Å². The number of nitrogen functional groups attached to an aromatic ring is 2. The van der Waals surface area contributed by atoms with Crippen LogP contribution in [0.1, 0.15) is 18.7 Å². The van der Waals surface area contributed by atoms with Gasteiger partial charge in [-0.1, -0.05) is 0 Å². The van der Waals surface area contributed by atoms with E-state index in [1.807, 2.05) is 0 Å². The predicted octanol–water partition coefficient (Wildman–Crippen LogP) is -1.55. The Hall–Kier alpha value is -2.87. The number of imidazole rings is 1. The first-order chi connectivity index (χ1) is 19.3. The van der Waals surface area contributed by atoms with Crippen molar-refractivity contribution in [1.29, 1.82) is 0 Å². The van der Waals surface area contributed by atoms with Crippen molar-refractivity contribution in [2.45, 2.75) is 43.1 Å². The van der Waals surface area contributed by atoms with Gasteiger partial charge >= 0.3 is 21.3 Å². The van der Waals surface area contributed by atoms with Gasteiger partial charge in [0, 0.05) is 12.6 Å². The largest absolute Gasteiger partial charge is 0.472 e. The molecule has 0 radical (unpaired) electrons. The number of fused-ring (bicyclic) bond motifs is 1. The highest BCUT2D eigenvalue weighted by molar-refractivity contribution is 7.47. The maximum atomic E-state index is 12.9. The van der Waals surface area contributed by atoms with Gasteiger partial charge in [0.15, 0.2) is 11.5 Å². The molecule has 8 N–H and O–H groups in total. The van der Waals surface area contributed by atoms with Crippen molar-refractivity contribution in [2.75, 3.05) is 31.3 Å². The molecular formula is C19H26N8O12P2. The number of aliphatic hydroxyl groups is 1. The van der Waals surface area contributed by atoms with E-state index in [9.17, 15) is 23.9 Å². The standard InChI is InChI=1S/C19H26N8O12P2/c20-13-1-2-26(19(29)25-13)9-4-35-12(16(9)28)6-37-41(33,34)39-10-3-14(38-11(10)5-36-40(30,31)32)27-8-24-15-17(21)22-7-23-18(15)27/h1-2,7-12,14,16,28H,3-6H2,(H,33,34)(H2,20,25,29)(H2,21,22,23)(H2,30,31,32). The first-order valence-corrected chi connectivity index (χ1v) is 14.9. The predicted molar refractivity (Wildman–Crippen MR) is 135 cm³/mol. The van der Waals surface area contributed by atoms with Gasteiger partial charge in [0.05, 0.1) is 32.2 Å². The molecule has 2 aliphatic rings. The smallest absolute Gasteiger partial charge is 0.388 e. The molecule has 22 heteroatoms. The summed E-state index contributed by atoms with van der Waals surface area (Å²) in [5.41, 5.74) is 11.1. The second kappa shape index (κ2) is 11.4. The van der Waals surface area contributed by atoms with E-state index in [0.717, 1.165) is 4.57 Å². The first kappa shape index (κ1) is 29.6. The Labute approximate surface area is 229 Å². The van der Waals surface area contributed by atoms with Crippen LogP contribution in [0.5, 0.6) is 0 Å². The van der Waals surface area contributed by atoms with Crippen LogP contribution in [0.2, 0.25) is 0 Å². The summed E-state index contributed by atoms with van der Waals surface area (Å²) >= 11 is 0. The zero-order valence-corrected chi connectivity index (χ0v) is 22.7. The number of anilines is 2. The lowest BCUT2D eigenvalue weighted by Crippen LogP contribution is -2.36. The molecule has 224 valence electrons. The molecule has 20 nitrogen and oxygen atoms in total. The van der Waals surface area contributed by atoms with Crippen molar-refractivity contribution in [3.63, 3.8) is 0 Å². The fourth-order valence-corrected chi connectivity index (χ4v) is 5.79. The summed E-state index contributed by atoms with van der Waals surface area (Å²) in [4.78, 5) is 56.5. The van der Waals surface area contributed by atoms with E-state index in [4.69, 9.17) is 39.8 Å². The third-order valence-electron chi connectivity index (χ3n) is 6.42. The topological polar surface area (TPSA) is 292 Å². The molecule has 0 spiro atoms. The molecule has 5 heterocycles. The number of hydrogen-bond acceptors (Lipinski definition) is 15. The van der Waals surface area contributed by atoms with Crippen LogP contribution in [0.4, 0.5) is 11.6 Å². The Morgan fingerprint density at radius 3 is 2.56 bits per heavy atom. The normalized spacial score (nSPS) is 28.3. The molecule has 0 aliphatic carbocycles. The fourth-order valence-electron chi connectivity index (χ4n) is 4.49. The number of phosphoric acid groups is 2. The molecule has 2 aliphatic heterocycles. The molecule has 41 heavy (non-hydrogen) atoms. The minimum absolute atomic E-state index is 0.000775. The van der Waals surface area contributed by atoms with E-state index in [-0.39, 0.29) is 35.8 Å². The Kier molecular flexibility index (Phi) is 8.25. The van der Waals surface area contributed by atoms with Gasteiger partial charge in [0.2, 0.25) is 0 Å². The van der Waals surface area contributed by atoms with Crippen LogP contribution < -0.4 is 17.2 Å². The number of phosphoric ester groups is 2. The van der Waals surface area contributed by atoms with Crippen LogP contribution in [0.25, 0.3) is 11.2 Å². The second-order valence-electron chi connectivity index (χ2n) is 9.11. The summed E-state index contributed by atoms with van der Waals surface area (Å²) in [6.07, 6.45) is -2.08. The van der Waals surface area contributed by atoms with E-state index in [2.05, 4.69) is 24.5 Å². The molecule has 2 fully saturated rings. The van der Waals surface area contributed by atoms with Gasteiger partial charge in [-0.2, -0.15) is 4.98 Å². The molecule has 7 unspecified atom stereocenters. The summed E-state index contributed by atoms with van der Waals surface area (Å²) in [7, 11) is -9.81. The Morgan fingerprint density at radius 2 is 1.83 bits per heavy atom. The highest BCUT2D eigenvalue weighted by Gasteiger charge is 2.44. The third-order valence-corrected chi connectivity index (χ3v) is 7.92. The molecule has 2 saturated heterocycles. The van der Waals surface area contributed by atoms with Crippen LogP contribution in [-0.2, 0) is 32.2 Å². The number of aliphatic hydroxyl groups excluding tert-OH is 1. The van der Waals surface area contributed by atoms with Gasteiger partial charge in [0.1, 0.15) is 48.3 Å². The number of nitrogens with zero attached hydrogens (tertiary/aromatic N) is 6. The average Bonchev–Trinajstić information content (AvgIpc) is 3.59. The van der Waals surface area contributed by atoms with Gasteiger partial charge in [-0.05, 0) is 6.07 Å². The number of hydrogen-bond donors (Lipinski definition) is 6. The van der Waals surface area contributed by atoms with E-state index in [0.29, 0.717) is 0 Å². The van der Waals surface area contributed by atoms with Crippen molar-refractivity contribution >= 4 is 38.4 Å². The van der Waals surface area contributed by atoms with E-state index < -0.39 is 71.2 Å². The number of nitrogens with two attached hydrogens (primary N) is 2. The quantitative estimate of drug-likeness (QED) is 0.140. The monoisotopic (exact) mass is 620 g/mol. The lowest BCUT2D eigenvalue weighted by atomic mass is 10.1. The van der Waals surface area contributed by atoms with E-state index >= 15 is 0 Å². The van der Waals surface area contributed by atoms with Crippen LogP contribution in [-0.4, -0.2) is 93.1 Å². The minimum Gasteiger partial charge on any atom is -0.388 e. The Bertz CT molecular complexity index is 1560. The van der Waals surface area contributed by atoms with Crippen molar-refractivity contribution < 1.29 is 52.0 Å². The van der Waals surface area contributed by atoms with Crippen LogP contribution in [0, 0.1) is 0 Å². The van der Waals surface area contributed by atoms with Crippen molar-refractivity contribution in [3.05, 3.63) is 35.4 Å². The lowest BCUT2D eigenvalue weighted by molar-refractivity contribution is -0.0460. The molecule has 0 bridgehead atoms. The molecule has 5 rings (SSSR count). The Morgan fingerprint density at radius 1 is 1.07 bits per heavy atom. The van der Waals surface area contributed by atoms with Crippen LogP contribution in [0.15, 0.2) is 29.7 Å². The lowest BCUT2D eigenvalue weighted by Gasteiger charge is -2.23. The van der Waals surface area contributed by atoms with Gasteiger partial charge in [-0.15, -0.1) is 0 Å². The summed E-state index contributed by atoms with van der Waals surface area (Å²) in [5, 5.41) is 10.6. The maximum Gasteiger partial charge on any atom is 0.472 e. The zero-order chi connectivity index (χ0) is 29.5. The number of rotatable bonds is 10.